The van der Waals surface area contributed by atoms with Crippen molar-refractivity contribution in [2.75, 3.05) is 19.0 Å². The van der Waals surface area contributed by atoms with Gasteiger partial charge in [0.1, 0.15) is 11.4 Å². The summed E-state index contributed by atoms with van der Waals surface area (Å²) in [5, 5.41) is 2.45. The predicted molar refractivity (Wildman–Crippen MR) is 138 cm³/mol. The van der Waals surface area contributed by atoms with Crippen molar-refractivity contribution in [3.63, 3.8) is 0 Å². The Hall–Kier alpha value is -3.88. The molecule has 4 nitrogen and oxygen atoms in total. The summed E-state index contributed by atoms with van der Waals surface area (Å²) in [4.78, 5) is 6.49. The zero-order valence-electron chi connectivity index (χ0n) is 19.4. The molecule has 0 atom stereocenters. The van der Waals surface area contributed by atoms with Crippen LogP contribution in [0.15, 0.2) is 97.2 Å². The molecule has 0 unspecified atom stereocenters. The van der Waals surface area contributed by atoms with E-state index in [1.807, 2.05) is 54.1 Å². The molecule has 1 radical (unpaired) electrons. The molecule has 35 heavy (non-hydrogen) atoms. The van der Waals surface area contributed by atoms with Gasteiger partial charge in [-0.05, 0) is 24.9 Å². The Morgan fingerprint density at radius 2 is 1.71 bits per heavy atom. The second-order valence-corrected chi connectivity index (χ2v) is 8.26. The molecule has 2 aliphatic rings. The topological polar surface area (TPSA) is 22.1 Å². The van der Waals surface area contributed by atoms with Crippen molar-refractivity contribution in [1.29, 1.82) is 0 Å². The fourth-order valence-electron chi connectivity index (χ4n) is 4.59. The van der Waals surface area contributed by atoms with Gasteiger partial charge in [-0.1, -0.05) is 50.9 Å². The van der Waals surface area contributed by atoms with Gasteiger partial charge < -0.3 is 9.88 Å². The number of benzene rings is 4. The molecule has 1 aromatic heterocycles. The first kappa shape index (κ1) is 22.9. The van der Waals surface area contributed by atoms with Crippen LogP contribution in [0.4, 0.5) is 28.4 Å². The average molecular weight is 631 g/mol. The Labute approximate surface area is 218 Å². The van der Waals surface area contributed by atoms with Gasteiger partial charge in [-0.25, -0.2) is 0 Å². The quantitative estimate of drug-likeness (QED) is 0.155. The maximum Gasteiger partial charge on any atom is 0.494 e. The van der Waals surface area contributed by atoms with E-state index in [4.69, 9.17) is 0 Å². The molecule has 0 spiro atoms. The van der Waals surface area contributed by atoms with Crippen LogP contribution in [0.1, 0.15) is 0 Å². The van der Waals surface area contributed by atoms with E-state index in [1.165, 1.54) is 33.5 Å². The molecule has 0 saturated carbocycles. The fourth-order valence-corrected chi connectivity index (χ4v) is 4.59. The predicted octanol–water partition coefficient (Wildman–Crippen LogP) is 6.56. The van der Waals surface area contributed by atoms with Gasteiger partial charge >= 0.3 is 11.7 Å². The van der Waals surface area contributed by atoms with E-state index in [0.717, 1.165) is 16.9 Å². The maximum absolute atomic E-state index is 4.22. The number of pyridine rings is 1. The van der Waals surface area contributed by atoms with Gasteiger partial charge in [0.05, 0.1) is 0 Å². The molecule has 0 aliphatic carbocycles. The van der Waals surface area contributed by atoms with Gasteiger partial charge in [-0.3, -0.25) is 0 Å². The van der Waals surface area contributed by atoms with E-state index in [9.17, 15) is 0 Å². The van der Waals surface area contributed by atoms with Gasteiger partial charge in [0.2, 0.25) is 0 Å². The Morgan fingerprint density at radius 1 is 0.886 bits per heavy atom. The maximum atomic E-state index is 4.22. The second kappa shape index (κ2) is 9.40. The molecule has 5 heteroatoms. The normalized spacial score (nSPS) is 12.5. The third kappa shape index (κ3) is 3.90. The largest absolute Gasteiger partial charge is 0.494 e. The van der Waals surface area contributed by atoms with Crippen LogP contribution in [0.25, 0.3) is 22.0 Å². The van der Waals surface area contributed by atoms with E-state index < -0.39 is 0 Å². The number of hydrogen-bond acceptors (Lipinski definition) is 2. The third-order valence-corrected chi connectivity index (χ3v) is 6.20. The monoisotopic (exact) mass is 631 g/mol. The summed E-state index contributed by atoms with van der Waals surface area (Å²) in [5.74, 6) is 0. The number of hydrogen-bond donors (Lipinski definition) is 0. The van der Waals surface area contributed by atoms with Crippen LogP contribution in [-0.4, -0.2) is 29.7 Å². The molecular weight excluding hydrogens is 609 g/mol. The van der Waals surface area contributed by atoms with E-state index in [-0.39, 0.29) is 20.1 Å². The van der Waals surface area contributed by atoms with Crippen molar-refractivity contribution in [1.82, 2.24) is 9.56 Å². The Balaban J connectivity index is 0.000000167. The zero-order valence-corrected chi connectivity index (χ0v) is 21.8. The molecule has 0 amide bonds. The minimum atomic E-state index is 0. The van der Waals surface area contributed by atoms with E-state index in [2.05, 4.69) is 88.2 Å². The Kier molecular flexibility index (Phi) is 6.15. The number of rotatable bonds is 1. The molecule has 0 fully saturated rings. The Bertz CT molecular complexity index is 1570. The van der Waals surface area contributed by atoms with Gasteiger partial charge in [0, 0.05) is 38.1 Å². The summed E-state index contributed by atoms with van der Waals surface area (Å²) in [6.07, 6.45) is 1.79. The van der Waals surface area contributed by atoms with Crippen molar-refractivity contribution in [3.8, 4) is 11.3 Å². The first-order chi connectivity index (χ1) is 16.7. The second-order valence-electron chi connectivity index (χ2n) is 8.26. The van der Waals surface area contributed by atoms with Crippen LogP contribution < -0.4 is 9.48 Å². The smallest absolute Gasteiger partial charge is 0.386 e. The number of para-hydroxylation sites is 1. The van der Waals surface area contributed by atoms with Gasteiger partial charge in [0.25, 0.3) is 5.69 Å². The van der Waals surface area contributed by atoms with Crippen LogP contribution in [0.3, 0.4) is 0 Å². The molecule has 0 bridgehead atoms. The van der Waals surface area contributed by atoms with Gasteiger partial charge in [-0.15, -0.1) is 53.4 Å². The summed E-state index contributed by atoms with van der Waals surface area (Å²) in [6, 6.07) is 40.6. The first-order valence-corrected chi connectivity index (χ1v) is 11.2. The fraction of sp³-hybridized carbons (Fsp3) is 0.0667. The third-order valence-electron chi connectivity index (χ3n) is 6.20. The van der Waals surface area contributed by atoms with E-state index in [0.29, 0.717) is 0 Å². The van der Waals surface area contributed by atoms with Crippen molar-refractivity contribution in [2.24, 2.45) is 0 Å². The van der Waals surface area contributed by atoms with Crippen molar-refractivity contribution >= 4 is 45.2 Å². The SMILES string of the molecule is CN1c2cccc3c2[N+](=C=[N+]3C)c2[c-]cc3ccccc3c21.[Ir].[c-]1ccccc1-c1ccccn1. The first-order valence-electron chi connectivity index (χ1n) is 11.2. The number of fused-ring (bicyclic) bond motifs is 4. The summed E-state index contributed by atoms with van der Waals surface area (Å²) >= 11 is 0. The average Bonchev–Trinajstić information content (AvgIpc) is 3.25. The van der Waals surface area contributed by atoms with Gasteiger partial charge in [0.15, 0.2) is 7.05 Å². The number of aromatic nitrogens is 1. The number of nitrogens with zero attached hydrogens (tertiary/aromatic N) is 4. The van der Waals surface area contributed by atoms with Crippen LogP contribution in [0, 0.1) is 12.1 Å². The summed E-state index contributed by atoms with van der Waals surface area (Å²) in [7, 11) is 4.17. The van der Waals surface area contributed by atoms with E-state index in [1.54, 1.807) is 6.20 Å². The van der Waals surface area contributed by atoms with Crippen LogP contribution >= 0.6 is 0 Å². The van der Waals surface area contributed by atoms with Gasteiger partial charge in [-0.2, -0.15) is 6.07 Å². The molecule has 5 aromatic rings. The number of anilines is 2. The van der Waals surface area contributed by atoms with Crippen LogP contribution in [0.2, 0.25) is 0 Å². The molecule has 2 aliphatic heterocycles. The summed E-state index contributed by atoms with van der Waals surface area (Å²) < 4.78 is 4.18. The molecule has 3 heterocycles. The Morgan fingerprint density at radius 3 is 2.51 bits per heavy atom. The van der Waals surface area contributed by atoms with Crippen LogP contribution in [0.5, 0.6) is 0 Å². The summed E-state index contributed by atoms with van der Waals surface area (Å²) in [5.41, 5.74) is 7.82. The zero-order chi connectivity index (χ0) is 23.1. The molecular formula is C30H22IrN4. The van der Waals surface area contributed by atoms with Crippen molar-refractivity contribution in [2.45, 2.75) is 0 Å². The van der Waals surface area contributed by atoms with Crippen molar-refractivity contribution in [3.05, 3.63) is 109 Å². The minimum Gasteiger partial charge on any atom is -0.386 e. The molecule has 0 N–H and O–H groups in total. The van der Waals surface area contributed by atoms with Crippen molar-refractivity contribution < 1.29 is 24.7 Å². The van der Waals surface area contributed by atoms with Crippen LogP contribution in [-0.2, 0) is 20.1 Å². The standard InChI is InChI=1S/C19H14N3.C11H8N.Ir/c1-20-12-22-17-11-10-13-6-3-4-7-14(13)18(17)21(2)16-9-5-8-15(20)19(16)22;1-2-6-10(7-3-1)11-8-4-5-9-12-11;/h3-10H,1-2H3;1-6,8-9H;/q+1;-1;. The molecule has 7 rings (SSSR count). The molecule has 171 valence electrons. The minimum absolute atomic E-state index is 0. The van der Waals surface area contributed by atoms with E-state index >= 15 is 0 Å². The molecule has 0 saturated heterocycles. The summed E-state index contributed by atoms with van der Waals surface area (Å²) in [6.45, 7) is 0. The molecule has 4 aromatic carbocycles.